The fourth-order valence-electron chi connectivity index (χ4n) is 2.00. The standard InChI is InChI=1S/C14H19N5O3.ClH/c1-15-12(10-8-18-19(2)9-10)14(21)17-6-5-16-13(20)11-4-3-7-22-11;/h3-4,7-9,12,15H,5-6H2,1-2H3,(H,16,20)(H,17,21);1H. The molecule has 0 aliphatic carbocycles. The Morgan fingerprint density at radius 2 is 2.09 bits per heavy atom. The summed E-state index contributed by atoms with van der Waals surface area (Å²) in [7, 11) is 3.49. The average molecular weight is 342 g/mol. The Balaban J connectivity index is 0.00000264. The van der Waals surface area contributed by atoms with Crippen molar-refractivity contribution in [1.82, 2.24) is 25.7 Å². The van der Waals surface area contributed by atoms with Crippen molar-refractivity contribution in [2.24, 2.45) is 7.05 Å². The molecule has 0 saturated heterocycles. The van der Waals surface area contributed by atoms with Crippen LogP contribution in [0.2, 0.25) is 0 Å². The number of rotatable bonds is 7. The molecule has 0 radical (unpaired) electrons. The predicted octanol–water partition coefficient (Wildman–Crippen LogP) is 0.242. The molecule has 1 atom stereocenters. The molecule has 0 spiro atoms. The molecule has 8 nitrogen and oxygen atoms in total. The van der Waals surface area contributed by atoms with Crippen LogP contribution in [0.5, 0.6) is 0 Å². The van der Waals surface area contributed by atoms with Gasteiger partial charge in [-0.2, -0.15) is 5.10 Å². The Bertz CT molecular complexity index is 626. The van der Waals surface area contributed by atoms with Gasteiger partial charge in [0.05, 0.1) is 12.5 Å². The molecule has 0 saturated carbocycles. The highest BCUT2D eigenvalue weighted by Crippen LogP contribution is 2.10. The van der Waals surface area contributed by atoms with E-state index in [9.17, 15) is 9.59 Å². The second kappa shape index (κ2) is 8.96. The molecule has 2 rings (SSSR count). The molecule has 0 aliphatic rings. The molecule has 126 valence electrons. The monoisotopic (exact) mass is 341 g/mol. The fraction of sp³-hybridized carbons (Fsp3) is 0.357. The first-order valence-electron chi connectivity index (χ1n) is 6.87. The lowest BCUT2D eigenvalue weighted by molar-refractivity contribution is -0.123. The van der Waals surface area contributed by atoms with Crippen molar-refractivity contribution in [3.63, 3.8) is 0 Å². The summed E-state index contributed by atoms with van der Waals surface area (Å²) in [6.07, 6.45) is 4.85. The Morgan fingerprint density at radius 1 is 1.35 bits per heavy atom. The van der Waals surface area contributed by atoms with Crippen molar-refractivity contribution in [2.75, 3.05) is 20.1 Å². The van der Waals surface area contributed by atoms with Crippen molar-refractivity contribution in [2.45, 2.75) is 6.04 Å². The van der Waals surface area contributed by atoms with Gasteiger partial charge >= 0.3 is 0 Å². The van der Waals surface area contributed by atoms with Gasteiger partial charge in [-0.1, -0.05) is 0 Å². The lowest BCUT2D eigenvalue weighted by Gasteiger charge is -2.14. The zero-order valence-corrected chi connectivity index (χ0v) is 13.7. The van der Waals surface area contributed by atoms with E-state index in [2.05, 4.69) is 21.0 Å². The van der Waals surface area contributed by atoms with Gasteiger partial charge in [0.2, 0.25) is 5.91 Å². The SMILES string of the molecule is CNC(C(=O)NCCNC(=O)c1ccco1)c1cnn(C)c1.Cl. The molecule has 3 N–H and O–H groups in total. The first kappa shape index (κ1) is 18.7. The third kappa shape index (κ3) is 5.11. The van der Waals surface area contributed by atoms with Crippen molar-refractivity contribution in [3.8, 4) is 0 Å². The second-order valence-corrected chi connectivity index (χ2v) is 4.69. The van der Waals surface area contributed by atoms with Crippen LogP contribution in [0.3, 0.4) is 0 Å². The maximum Gasteiger partial charge on any atom is 0.287 e. The summed E-state index contributed by atoms with van der Waals surface area (Å²) in [4.78, 5) is 23.7. The van der Waals surface area contributed by atoms with Crippen molar-refractivity contribution in [3.05, 3.63) is 42.1 Å². The van der Waals surface area contributed by atoms with E-state index in [1.54, 1.807) is 43.3 Å². The third-order valence-corrected chi connectivity index (χ3v) is 3.06. The number of carbonyl (C=O) groups is 2. The summed E-state index contributed by atoms with van der Waals surface area (Å²) in [5.74, 6) is -0.241. The number of amides is 2. The molecule has 2 heterocycles. The smallest absolute Gasteiger partial charge is 0.287 e. The van der Waals surface area contributed by atoms with Gasteiger partial charge in [0.1, 0.15) is 6.04 Å². The summed E-state index contributed by atoms with van der Waals surface area (Å²) < 4.78 is 6.61. The van der Waals surface area contributed by atoms with Gasteiger partial charge in [-0.3, -0.25) is 14.3 Å². The average Bonchev–Trinajstić information content (AvgIpc) is 3.16. The first-order chi connectivity index (χ1) is 10.6. The second-order valence-electron chi connectivity index (χ2n) is 4.69. The molecule has 9 heteroatoms. The minimum absolute atomic E-state index is 0. The van der Waals surface area contributed by atoms with Crippen LogP contribution in [-0.2, 0) is 11.8 Å². The van der Waals surface area contributed by atoms with Gasteiger partial charge in [-0.15, -0.1) is 12.4 Å². The molecule has 23 heavy (non-hydrogen) atoms. The number of hydrogen-bond acceptors (Lipinski definition) is 5. The number of aromatic nitrogens is 2. The van der Waals surface area contributed by atoms with Crippen LogP contribution >= 0.6 is 12.4 Å². The van der Waals surface area contributed by atoms with E-state index in [4.69, 9.17) is 4.42 Å². The first-order valence-corrected chi connectivity index (χ1v) is 6.87. The number of aryl methyl sites for hydroxylation is 1. The number of nitrogens with one attached hydrogen (secondary N) is 3. The number of furan rings is 1. The number of nitrogens with zero attached hydrogens (tertiary/aromatic N) is 2. The van der Waals surface area contributed by atoms with Crippen LogP contribution in [0.15, 0.2) is 35.2 Å². The minimum atomic E-state index is -0.477. The summed E-state index contributed by atoms with van der Waals surface area (Å²) in [6, 6.07) is 2.74. The highest BCUT2D eigenvalue weighted by molar-refractivity contribution is 5.91. The van der Waals surface area contributed by atoms with Crippen LogP contribution in [0.1, 0.15) is 22.2 Å². The van der Waals surface area contributed by atoms with Crippen molar-refractivity contribution < 1.29 is 14.0 Å². The normalized spacial score (nSPS) is 11.4. The van der Waals surface area contributed by atoms with E-state index in [0.717, 1.165) is 5.56 Å². The Hall–Kier alpha value is -2.32. The zero-order chi connectivity index (χ0) is 15.9. The van der Waals surface area contributed by atoms with Crippen LogP contribution in [0, 0.1) is 0 Å². The maximum absolute atomic E-state index is 12.1. The fourth-order valence-corrected chi connectivity index (χ4v) is 2.00. The van der Waals surface area contributed by atoms with E-state index in [1.807, 2.05) is 0 Å². The molecular formula is C14H20ClN5O3. The summed E-state index contributed by atoms with van der Waals surface area (Å²) in [5.41, 5.74) is 0.780. The van der Waals surface area contributed by atoms with Gasteiger partial charge in [-0.05, 0) is 19.2 Å². The summed E-state index contributed by atoms with van der Waals surface area (Å²) >= 11 is 0. The van der Waals surface area contributed by atoms with Gasteiger partial charge in [0.25, 0.3) is 5.91 Å². The van der Waals surface area contributed by atoms with Crippen LogP contribution < -0.4 is 16.0 Å². The molecule has 0 bridgehead atoms. The largest absolute Gasteiger partial charge is 0.459 e. The summed E-state index contributed by atoms with van der Waals surface area (Å²) in [6.45, 7) is 0.637. The number of hydrogen-bond donors (Lipinski definition) is 3. The highest BCUT2D eigenvalue weighted by atomic mass is 35.5. The Labute approximate surface area is 140 Å². The van der Waals surface area contributed by atoms with E-state index < -0.39 is 6.04 Å². The Morgan fingerprint density at radius 3 is 2.65 bits per heavy atom. The van der Waals surface area contributed by atoms with Crippen LogP contribution in [0.4, 0.5) is 0 Å². The number of likely N-dealkylation sites (N-methyl/N-ethyl adjacent to an activating group) is 1. The lowest BCUT2D eigenvalue weighted by atomic mass is 10.1. The zero-order valence-electron chi connectivity index (χ0n) is 12.9. The van der Waals surface area contributed by atoms with E-state index >= 15 is 0 Å². The van der Waals surface area contributed by atoms with Gasteiger partial charge in [0.15, 0.2) is 5.76 Å². The van der Waals surface area contributed by atoms with Gasteiger partial charge in [-0.25, -0.2) is 0 Å². The molecule has 0 aliphatic heterocycles. The van der Waals surface area contributed by atoms with E-state index in [0.29, 0.717) is 13.1 Å². The third-order valence-electron chi connectivity index (χ3n) is 3.06. The van der Waals surface area contributed by atoms with Crippen LogP contribution in [-0.4, -0.2) is 41.7 Å². The lowest BCUT2D eigenvalue weighted by Crippen LogP contribution is -2.40. The molecule has 1 unspecified atom stereocenters. The summed E-state index contributed by atoms with van der Waals surface area (Å²) in [5, 5.41) is 12.4. The van der Waals surface area contributed by atoms with Gasteiger partial charge < -0.3 is 20.4 Å². The van der Waals surface area contributed by atoms with Crippen molar-refractivity contribution in [1.29, 1.82) is 0 Å². The molecule has 2 aromatic rings. The van der Waals surface area contributed by atoms with E-state index in [-0.39, 0.29) is 30.0 Å². The molecule has 0 fully saturated rings. The van der Waals surface area contributed by atoms with Crippen molar-refractivity contribution >= 4 is 24.2 Å². The minimum Gasteiger partial charge on any atom is -0.459 e. The Kier molecular flexibility index (Phi) is 7.30. The highest BCUT2D eigenvalue weighted by Gasteiger charge is 2.19. The molecule has 2 amide bonds. The number of halogens is 1. The van der Waals surface area contributed by atoms with E-state index in [1.165, 1.54) is 6.26 Å². The predicted molar refractivity (Wildman–Crippen MR) is 86.3 cm³/mol. The molecule has 2 aromatic heterocycles. The number of carbonyl (C=O) groups excluding carboxylic acids is 2. The molecule has 0 aromatic carbocycles. The molecular weight excluding hydrogens is 322 g/mol. The maximum atomic E-state index is 12.1. The van der Waals surface area contributed by atoms with Gasteiger partial charge in [0, 0.05) is 31.9 Å². The van der Waals surface area contributed by atoms with Crippen LogP contribution in [0.25, 0.3) is 0 Å². The topological polar surface area (TPSA) is 101 Å². The quantitative estimate of drug-likeness (QED) is 0.626.